The van der Waals surface area contributed by atoms with Crippen molar-refractivity contribution >= 4 is 11.9 Å². The van der Waals surface area contributed by atoms with E-state index in [1.807, 2.05) is 60.7 Å². The van der Waals surface area contributed by atoms with Gasteiger partial charge in [-0.05, 0) is 11.1 Å². The fourth-order valence-corrected chi connectivity index (χ4v) is 3.60. The Morgan fingerprint density at radius 1 is 0.960 bits per heavy atom. The summed E-state index contributed by atoms with van der Waals surface area (Å²) in [4.78, 5) is 25.7. The minimum Gasteiger partial charge on any atom is -0.368 e. The molecular weight excluding hydrogens is 316 g/mol. The molecule has 2 aromatic carbocycles. The van der Waals surface area contributed by atoms with Crippen LogP contribution in [0.4, 0.5) is 4.79 Å². The molecule has 0 aliphatic carbocycles. The van der Waals surface area contributed by atoms with Gasteiger partial charge in [-0.3, -0.25) is 4.79 Å². The Bertz CT molecular complexity index is 674. The number of hydrogen-bond acceptors (Lipinski definition) is 3. The second kappa shape index (κ2) is 7.36. The second-order valence-electron chi connectivity index (χ2n) is 6.16. The van der Waals surface area contributed by atoms with E-state index in [1.165, 1.54) is 0 Å². The second-order valence-corrected chi connectivity index (χ2v) is 6.16. The smallest absolute Gasteiger partial charge is 0.315 e. The third kappa shape index (κ3) is 3.49. The van der Waals surface area contributed by atoms with E-state index in [2.05, 4.69) is 5.32 Å². The molecule has 1 aliphatic rings. The molecule has 6 heteroatoms. The number of nitrogens with two attached hydrogens (primary N) is 2. The first-order chi connectivity index (χ1) is 12.1. The third-order valence-electron chi connectivity index (χ3n) is 4.67. The van der Waals surface area contributed by atoms with Gasteiger partial charge in [-0.15, -0.1) is 0 Å². The standard InChI is InChI=1S/C19H22N4O2/c20-18(24)16-17(23(19(21)25)12-11-22-16)15(13-7-3-1-4-8-13)14-9-5-2-6-10-14/h1-10,15-17,22H,11-12H2,(H2,20,24)(H2,21,25). The lowest BCUT2D eigenvalue weighted by Crippen LogP contribution is -2.66. The number of urea groups is 1. The van der Waals surface area contributed by atoms with E-state index in [-0.39, 0.29) is 5.92 Å². The molecular formula is C19H22N4O2. The minimum atomic E-state index is -0.674. The Balaban J connectivity index is 2.14. The van der Waals surface area contributed by atoms with Crippen LogP contribution in [0.2, 0.25) is 0 Å². The predicted octanol–water partition coefficient (Wildman–Crippen LogP) is 1.02. The Hall–Kier alpha value is -2.86. The van der Waals surface area contributed by atoms with Crippen LogP contribution < -0.4 is 16.8 Å². The zero-order valence-electron chi connectivity index (χ0n) is 13.8. The zero-order valence-corrected chi connectivity index (χ0v) is 13.8. The number of rotatable bonds is 4. The van der Waals surface area contributed by atoms with Crippen LogP contribution in [-0.4, -0.2) is 42.0 Å². The molecule has 3 amide bonds. The number of carbonyl (C=O) groups excluding carboxylic acids is 2. The average Bonchev–Trinajstić information content (AvgIpc) is 2.63. The number of carbonyl (C=O) groups is 2. The lowest BCUT2D eigenvalue weighted by atomic mass is 9.79. The molecule has 0 radical (unpaired) electrons. The summed E-state index contributed by atoms with van der Waals surface area (Å²) in [6.07, 6.45) is 0. The summed E-state index contributed by atoms with van der Waals surface area (Å²) in [6, 6.07) is 17.9. The molecule has 1 fully saturated rings. The lowest BCUT2D eigenvalue weighted by Gasteiger charge is -2.44. The van der Waals surface area contributed by atoms with Crippen LogP contribution in [-0.2, 0) is 4.79 Å². The molecule has 6 nitrogen and oxygen atoms in total. The molecule has 5 N–H and O–H groups in total. The van der Waals surface area contributed by atoms with Crippen LogP contribution in [0.15, 0.2) is 60.7 Å². The van der Waals surface area contributed by atoms with Gasteiger partial charge in [0.15, 0.2) is 0 Å². The van der Waals surface area contributed by atoms with Crippen molar-refractivity contribution < 1.29 is 9.59 Å². The van der Waals surface area contributed by atoms with Crippen molar-refractivity contribution in [3.63, 3.8) is 0 Å². The van der Waals surface area contributed by atoms with Gasteiger partial charge in [0.05, 0.1) is 6.04 Å². The predicted molar refractivity (Wildman–Crippen MR) is 95.8 cm³/mol. The summed E-state index contributed by atoms with van der Waals surface area (Å²) in [6.45, 7) is 0.906. The quantitative estimate of drug-likeness (QED) is 0.776. The highest BCUT2D eigenvalue weighted by atomic mass is 16.2. The van der Waals surface area contributed by atoms with Crippen LogP contribution in [0, 0.1) is 0 Å². The molecule has 1 saturated heterocycles. The van der Waals surface area contributed by atoms with Crippen molar-refractivity contribution in [3.8, 4) is 0 Å². The van der Waals surface area contributed by atoms with Crippen molar-refractivity contribution in [2.75, 3.05) is 13.1 Å². The maximum Gasteiger partial charge on any atom is 0.315 e. The van der Waals surface area contributed by atoms with E-state index in [0.29, 0.717) is 13.1 Å². The van der Waals surface area contributed by atoms with Crippen LogP contribution in [0.3, 0.4) is 0 Å². The minimum absolute atomic E-state index is 0.222. The van der Waals surface area contributed by atoms with Crippen molar-refractivity contribution in [1.82, 2.24) is 10.2 Å². The third-order valence-corrected chi connectivity index (χ3v) is 4.67. The van der Waals surface area contributed by atoms with Gasteiger partial charge >= 0.3 is 6.03 Å². The van der Waals surface area contributed by atoms with Crippen LogP contribution in [0.5, 0.6) is 0 Å². The zero-order chi connectivity index (χ0) is 17.8. The molecule has 1 aliphatic heterocycles. The maximum atomic E-state index is 12.1. The number of nitrogens with one attached hydrogen (secondary N) is 1. The normalized spacial score (nSPS) is 20.4. The van der Waals surface area contributed by atoms with Crippen molar-refractivity contribution in [3.05, 3.63) is 71.8 Å². The maximum absolute atomic E-state index is 12.1. The van der Waals surface area contributed by atoms with Gasteiger partial charge in [0, 0.05) is 19.0 Å². The Morgan fingerprint density at radius 3 is 1.92 bits per heavy atom. The highest BCUT2D eigenvalue weighted by Crippen LogP contribution is 2.33. The molecule has 2 atom stereocenters. The Labute approximate surface area is 146 Å². The van der Waals surface area contributed by atoms with Crippen LogP contribution in [0.1, 0.15) is 17.0 Å². The highest BCUT2D eigenvalue weighted by molar-refractivity contribution is 5.83. The number of primary amides is 2. The molecule has 0 bridgehead atoms. The van der Waals surface area contributed by atoms with Gasteiger partial charge in [-0.1, -0.05) is 60.7 Å². The molecule has 0 spiro atoms. The molecule has 2 unspecified atom stereocenters. The topological polar surface area (TPSA) is 101 Å². The first-order valence-corrected chi connectivity index (χ1v) is 8.28. The molecule has 0 saturated carbocycles. The molecule has 0 aromatic heterocycles. The van der Waals surface area contributed by atoms with E-state index in [0.717, 1.165) is 11.1 Å². The number of benzene rings is 2. The molecule has 130 valence electrons. The highest BCUT2D eigenvalue weighted by Gasteiger charge is 2.42. The molecule has 25 heavy (non-hydrogen) atoms. The fraction of sp³-hybridized carbons (Fsp3) is 0.263. The SMILES string of the molecule is NC(=O)C1NCCN(C(N)=O)C1C(c1ccccc1)c1ccccc1. The molecule has 2 aromatic rings. The monoisotopic (exact) mass is 338 g/mol. The summed E-state index contributed by atoms with van der Waals surface area (Å²) in [5.41, 5.74) is 13.3. The largest absolute Gasteiger partial charge is 0.368 e. The van der Waals surface area contributed by atoms with Gasteiger partial charge in [0.1, 0.15) is 6.04 Å². The van der Waals surface area contributed by atoms with Gasteiger partial charge in [0.2, 0.25) is 5.91 Å². The summed E-state index contributed by atoms with van der Waals surface area (Å²) < 4.78 is 0. The summed E-state index contributed by atoms with van der Waals surface area (Å²) in [5, 5.41) is 3.15. The summed E-state index contributed by atoms with van der Waals surface area (Å²) >= 11 is 0. The van der Waals surface area contributed by atoms with Gasteiger partial charge in [-0.2, -0.15) is 0 Å². The van der Waals surface area contributed by atoms with E-state index in [9.17, 15) is 9.59 Å². The van der Waals surface area contributed by atoms with Crippen molar-refractivity contribution in [1.29, 1.82) is 0 Å². The Morgan fingerprint density at radius 2 is 1.48 bits per heavy atom. The number of nitrogens with zero attached hydrogens (tertiary/aromatic N) is 1. The molecule has 3 rings (SSSR count). The Kier molecular flexibility index (Phi) is 5.00. The van der Waals surface area contributed by atoms with Crippen molar-refractivity contribution in [2.45, 2.75) is 18.0 Å². The van der Waals surface area contributed by atoms with E-state index >= 15 is 0 Å². The van der Waals surface area contributed by atoms with Crippen molar-refractivity contribution in [2.24, 2.45) is 11.5 Å². The van der Waals surface area contributed by atoms with Gasteiger partial charge in [-0.25, -0.2) is 4.79 Å². The first kappa shape index (κ1) is 17.0. The van der Waals surface area contributed by atoms with Crippen LogP contribution in [0.25, 0.3) is 0 Å². The number of hydrogen-bond donors (Lipinski definition) is 3. The first-order valence-electron chi connectivity index (χ1n) is 8.28. The van der Waals surface area contributed by atoms with Crippen LogP contribution >= 0.6 is 0 Å². The average molecular weight is 338 g/mol. The fourth-order valence-electron chi connectivity index (χ4n) is 3.60. The summed E-state index contributed by atoms with van der Waals surface area (Å²) in [7, 11) is 0. The van der Waals surface area contributed by atoms with E-state index in [1.54, 1.807) is 4.90 Å². The number of piperazine rings is 1. The van der Waals surface area contributed by atoms with Gasteiger partial charge in [0.25, 0.3) is 0 Å². The lowest BCUT2D eigenvalue weighted by molar-refractivity contribution is -0.122. The van der Waals surface area contributed by atoms with E-state index < -0.39 is 24.0 Å². The summed E-state index contributed by atoms with van der Waals surface area (Å²) in [5.74, 6) is -0.715. The van der Waals surface area contributed by atoms with Gasteiger partial charge < -0.3 is 21.7 Å². The molecule has 1 heterocycles. The van der Waals surface area contributed by atoms with E-state index in [4.69, 9.17) is 11.5 Å². The number of amides is 3.